The molecule has 2 N–H and O–H groups in total. The van der Waals surface area contributed by atoms with Crippen LogP contribution in [0.4, 0.5) is 0 Å². The molecular formula is C10H22N3O. The highest BCUT2D eigenvalue weighted by Crippen LogP contribution is 2.03. The second kappa shape index (κ2) is 7.17. The molecule has 83 valence electrons. The smallest absolute Gasteiger partial charge is 0.0839 e. The fourth-order valence-corrected chi connectivity index (χ4v) is 1.78. The number of hydrogen-bond acceptors (Lipinski definition) is 3. The summed E-state index contributed by atoms with van der Waals surface area (Å²) >= 11 is 0. The molecule has 1 heterocycles. The van der Waals surface area contributed by atoms with Crippen LogP contribution in [0.5, 0.6) is 0 Å². The molecule has 0 aromatic carbocycles. The molecule has 1 aliphatic rings. The average molecular weight is 200 g/mol. The van der Waals surface area contributed by atoms with Gasteiger partial charge < -0.3 is 4.74 Å². The Kier molecular flexibility index (Phi) is 6.10. The van der Waals surface area contributed by atoms with Crippen molar-refractivity contribution in [3.63, 3.8) is 0 Å². The van der Waals surface area contributed by atoms with Crippen LogP contribution in [0, 0.1) is 0 Å². The molecular weight excluding hydrogens is 178 g/mol. The molecule has 1 fully saturated rings. The highest BCUT2D eigenvalue weighted by atomic mass is 16.5. The summed E-state index contributed by atoms with van der Waals surface area (Å²) in [4.78, 5) is 2.40. The molecule has 0 saturated carbocycles. The van der Waals surface area contributed by atoms with Gasteiger partial charge in [0.25, 0.3) is 0 Å². The molecule has 0 amide bonds. The predicted molar refractivity (Wildman–Crippen MR) is 57.1 cm³/mol. The minimum absolute atomic E-state index is 0.371. The van der Waals surface area contributed by atoms with Gasteiger partial charge in [-0.2, -0.15) is 0 Å². The monoisotopic (exact) mass is 200 g/mol. The van der Waals surface area contributed by atoms with Gasteiger partial charge in [-0.25, -0.2) is 0 Å². The van der Waals surface area contributed by atoms with E-state index in [0.29, 0.717) is 12.7 Å². The number of morpholine rings is 1. The zero-order valence-corrected chi connectivity index (χ0v) is 9.09. The third-order valence-electron chi connectivity index (χ3n) is 2.48. The highest BCUT2D eigenvalue weighted by molar-refractivity contribution is 4.72. The van der Waals surface area contributed by atoms with Gasteiger partial charge >= 0.3 is 0 Å². The van der Waals surface area contributed by atoms with E-state index in [9.17, 15) is 0 Å². The molecule has 0 bridgehead atoms. The lowest BCUT2D eigenvalue weighted by molar-refractivity contribution is 0.00878. The van der Waals surface area contributed by atoms with Crippen molar-refractivity contribution in [1.29, 1.82) is 0 Å². The predicted octanol–water partition coefficient (Wildman–Crippen LogP) is 0.317. The maximum atomic E-state index is 7.16. The molecule has 1 radical (unpaired) electrons. The van der Waals surface area contributed by atoms with Gasteiger partial charge in [0.2, 0.25) is 0 Å². The third-order valence-corrected chi connectivity index (χ3v) is 2.48. The minimum Gasteiger partial charge on any atom is -0.377 e. The lowest BCUT2D eigenvalue weighted by atomic mass is 10.3. The van der Waals surface area contributed by atoms with E-state index in [0.717, 1.165) is 45.7 Å². The van der Waals surface area contributed by atoms with Gasteiger partial charge in [0, 0.05) is 19.6 Å². The maximum Gasteiger partial charge on any atom is 0.0839 e. The SMILES string of the molecule is CCCN(CCC[NH])C1COCCN1. The molecule has 0 aromatic rings. The summed E-state index contributed by atoms with van der Waals surface area (Å²) in [5, 5.41) is 3.45. The van der Waals surface area contributed by atoms with Gasteiger partial charge in [0.1, 0.15) is 0 Å². The number of hydrogen-bond donors (Lipinski definition) is 1. The summed E-state index contributed by atoms with van der Waals surface area (Å²) in [6, 6.07) is 0. The van der Waals surface area contributed by atoms with E-state index in [2.05, 4.69) is 17.1 Å². The molecule has 1 aliphatic heterocycles. The van der Waals surface area contributed by atoms with Crippen LogP contribution in [0.3, 0.4) is 0 Å². The van der Waals surface area contributed by atoms with Crippen molar-refractivity contribution in [2.45, 2.75) is 25.9 Å². The quantitative estimate of drug-likeness (QED) is 0.671. The van der Waals surface area contributed by atoms with E-state index in [-0.39, 0.29) is 0 Å². The van der Waals surface area contributed by atoms with Crippen LogP contribution >= 0.6 is 0 Å². The summed E-state index contributed by atoms with van der Waals surface area (Å²) in [6.07, 6.45) is 2.49. The van der Waals surface area contributed by atoms with Crippen molar-refractivity contribution in [2.24, 2.45) is 0 Å². The average Bonchev–Trinajstić information content (AvgIpc) is 2.25. The Morgan fingerprint density at radius 1 is 1.50 bits per heavy atom. The first-order chi connectivity index (χ1) is 6.88. The number of nitrogens with one attached hydrogen (secondary N) is 2. The second-order valence-electron chi connectivity index (χ2n) is 3.68. The van der Waals surface area contributed by atoms with Crippen LogP contribution in [0.1, 0.15) is 19.8 Å². The Morgan fingerprint density at radius 2 is 2.36 bits per heavy atom. The lowest BCUT2D eigenvalue weighted by Gasteiger charge is -2.34. The molecule has 0 aromatic heterocycles. The largest absolute Gasteiger partial charge is 0.377 e. The summed E-state index contributed by atoms with van der Waals surface area (Å²) < 4.78 is 5.44. The second-order valence-corrected chi connectivity index (χ2v) is 3.68. The standard InChI is InChI=1S/C10H22N3O/c1-2-6-13(7-3-4-11)10-9-14-8-5-12-10/h10-12H,2-9H2,1H3. The highest BCUT2D eigenvalue weighted by Gasteiger charge is 2.19. The van der Waals surface area contributed by atoms with Crippen LogP contribution in [0.25, 0.3) is 0 Å². The summed E-state index contributed by atoms with van der Waals surface area (Å²) in [5.41, 5.74) is 7.16. The number of nitrogens with zero attached hydrogens (tertiary/aromatic N) is 1. The van der Waals surface area contributed by atoms with Crippen LogP contribution in [-0.2, 0) is 4.74 Å². The first-order valence-electron chi connectivity index (χ1n) is 5.58. The van der Waals surface area contributed by atoms with Crippen molar-refractivity contribution in [3.05, 3.63) is 0 Å². The molecule has 1 unspecified atom stereocenters. The molecule has 0 spiro atoms. The topological polar surface area (TPSA) is 48.3 Å². The van der Waals surface area contributed by atoms with Crippen LogP contribution < -0.4 is 11.1 Å². The lowest BCUT2D eigenvalue weighted by Crippen LogP contribution is -2.53. The van der Waals surface area contributed by atoms with Gasteiger partial charge in [-0.05, 0) is 19.4 Å². The van der Waals surface area contributed by atoms with Crippen molar-refractivity contribution < 1.29 is 4.74 Å². The Bertz CT molecular complexity index is 137. The fourth-order valence-electron chi connectivity index (χ4n) is 1.78. The van der Waals surface area contributed by atoms with Crippen LogP contribution in [0.15, 0.2) is 0 Å². The van der Waals surface area contributed by atoms with E-state index in [4.69, 9.17) is 10.5 Å². The zero-order valence-electron chi connectivity index (χ0n) is 9.09. The van der Waals surface area contributed by atoms with E-state index >= 15 is 0 Å². The summed E-state index contributed by atoms with van der Waals surface area (Å²) in [5.74, 6) is 0. The zero-order chi connectivity index (χ0) is 10.2. The molecule has 0 aliphatic carbocycles. The van der Waals surface area contributed by atoms with E-state index in [1.54, 1.807) is 0 Å². The molecule has 1 atom stereocenters. The third kappa shape index (κ3) is 3.92. The molecule has 1 saturated heterocycles. The summed E-state index contributed by atoms with van der Waals surface area (Å²) in [6.45, 7) is 7.39. The van der Waals surface area contributed by atoms with Gasteiger partial charge in [-0.3, -0.25) is 16.0 Å². The molecule has 4 heteroatoms. The van der Waals surface area contributed by atoms with Gasteiger partial charge in [0.05, 0.1) is 19.4 Å². The maximum absolute atomic E-state index is 7.16. The normalized spacial score (nSPS) is 22.9. The van der Waals surface area contributed by atoms with Gasteiger partial charge in [-0.15, -0.1) is 0 Å². The Labute approximate surface area is 86.8 Å². The molecule has 1 rings (SSSR count). The van der Waals surface area contributed by atoms with E-state index in [1.165, 1.54) is 0 Å². The van der Waals surface area contributed by atoms with Gasteiger partial charge in [-0.1, -0.05) is 6.92 Å². The van der Waals surface area contributed by atoms with Crippen LogP contribution in [-0.4, -0.2) is 50.5 Å². The van der Waals surface area contributed by atoms with Gasteiger partial charge in [0.15, 0.2) is 0 Å². The first-order valence-corrected chi connectivity index (χ1v) is 5.58. The number of rotatable bonds is 6. The van der Waals surface area contributed by atoms with E-state index in [1.807, 2.05) is 0 Å². The van der Waals surface area contributed by atoms with Crippen LogP contribution in [0.2, 0.25) is 0 Å². The Balaban J connectivity index is 2.30. The van der Waals surface area contributed by atoms with E-state index < -0.39 is 0 Å². The fraction of sp³-hybridized carbons (Fsp3) is 1.00. The molecule has 4 nitrogen and oxygen atoms in total. The number of ether oxygens (including phenoxy) is 1. The van der Waals surface area contributed by atoms with Crippen molar-refractivity contribution >= 4 is 0 Å². The molecule has 14 heavy (non-hydrogen) atoms. The minimum atomic E-state index is 0.371. The van der Waals surface area contributed by atoms with Crippen molar-refractivity contribution in [3.8, 4) is 0 Å². The first kappa shape index (κ1) is 11.9. The summed E-state index contributed by atoms with van der Waals surface area (Å²) in [7, 11) is 0. The van der Waals surface area contributed by atoms with Crippen molar-refractivity contribution in [2.75, 3.05) is 39.4 Å². The Morgan fingerprint density at radius 3 is 2.93 bits per heavy atom. The Hall–Kier alpha value is -0.160. The van der Waals surface area contributed by atoms with Crippen molar-refractivity contribution in [1.82, 2.24) is 16.0 Å².